The van der Waals surface area contributed by atoms with Gasteiger partial charge in [0.25, 0.3) is 0 Å². The van der Waals surface area contributed by atoms with Gasteiger partial charge < -0.3 is 10.1 Å². The lowest BCUT2D eigenvalue weighted by Crippen LogP contribution is -2.33. The van der Waals surface area contributed by atoms with Crippen molar-refractivity contribution in [3.63, 3.8) is 0 Å². The first-order valence-electron chi connectivity index (χ1n) is 9.57. The van der Waals surface area contributed by atoms with Crippen molar-refractivity contribution in [2.24, 2.45) is 0 Å². The second-order valence-electron chi connectivity index (χ2n) is 7.91. The number of nitrogens with one attached hydrogen (secondary N) is 1. The quantitative estimate of drug-likeness (QED) is 0.506. The van der Waals surface area contributed by atoms with Crippen LogP contribution in [0, 0.1) is 0 Å². The van der Waals surface area contributed by atoms with Gasteiger partial charge in [-0.15, -0.1) is 0 Å². The van der Waals surface area contributed by atoms with Crippen molar-refractivity contribution >= 4 is 17.9 Å². The summed E-state index contributed by atoms with van der Waals surface area (Å²) in [5, 5.41) is 2.80. The van der Waals surface area contributed by atoms with Gasteiger partial charge in [-0.05, 0) is 50.7 Å². The minimum Gasteiger partial charge on any atom is -0.444 e. The van der Waals surface area contributed by atoms with Gasteiger partial charge in [0.2, 0.25) is 0 Å². The van der Waals surface area contributed by atoms with Crippen LogP contribution in [0.5, 0.6) is 0 Å². The number of carbonyl (C=O) groups excluding carboxylic acids is 1. The molecule has 0 spiro atoms. The smallest absolute Gasteiger partial charge is 0.407 e. The van der Waals surface area contributed by atoms with Gasteiger partial charge in [-0.2, -0.15) is 11.8 Å². The fourth-order valence-corrected chi connectivity index (χ4v) is 4.05. The Morgan fingerprint density at radius 3 is 2.36 bits per heavy atom. The molecule has 1 aliphatic rings. The summed E-state index contributed by atoms with van der Waals surface area (Å²) < 4.78 is 5.22. The molecular weight excluding hydrogens is 330 g/mol. The van der Waals surface area contributed by atoms with E-state index in [2.05, 4.69) is 29.6 Å². The van der Waals surface area contributed by atoms with Crippen LogP contribution in [0.2, 0.25) is 0 Å². The van der Waals surface area contributed by atoms with Crippen LogP contribution in [0.4, 0.5) is 4.79 Å². The fraction of sp³-hybridized carbons (Fsp3) is 0.667. The second-order valence-corrected chi connectivity index (χ2v) is 9.02. The number of thioether (sulfide) groups is 1. The third-order valence-electron chi connectivity index (χ3n) is 4.49. The maximum atomic E-state index is 11.6. The van der Waals surface area contributed by atoms with Gasteiger partial charge in [-0.25, -0.2) is 4.79 Å². The van der Waals surface area contributed by atoms with E-state index in [9.17, 15) is 4.79 Å². The highest BCUT2D eigenvalue weighted by Crippen LogP contribution is 2.31. The molecule has 1 aromatic rings. The lowest BCUT2D eigenvalue weighted by Gasteiger charge is -2.19. The number of rotatable bonds is 6. The molecule has 2 rings (SSSR count). The highest BCUT2D eigenvalue weighted by molar-refractivity contribution is 7.98. The van der Waals surface area contributed by atoms with Gasteiger partial charge in [0, 0.05) is 18.1 Å². The highest BCUT2D eigenvalue weighted by Gasteiger charge is 2.15. The lowest BCUT2D eigenvalue weighted by atomic mass is 9.91. The van der Waals surface area contributed by atoms with Crippen LogP contribution in [0.1, 0.15) is 76.3 Å². The van der Waals surface area contributed by atoms with Gasteiger partial charge in [0.1, 0.15) is 5.60 Å². The number of alkyl carbamates (subject to hydrolysis) is 1. The van der Waals surface area contributed by atoms with Gasteiger partial charge in [-0.3, -0.25) is 0 Å². The molecule has 25 heavy (non-hydrogen) atoms. The van der Waals surface area contributed by atoms with Crippen LogP contribution >= 0.6 is 11.8 Å². The summed E-state index contributed by atoms with van der Waals surface area (Å²) >= 11 is 1.84. The average Bonchev–Trinajstić information content (AvgIpc) is 2.83. The van der Waals surface area contributed by atoms with Gasteiger partial charge >= 0.3 is 6.09 Å². The summed E-state index contributed by atoms with van der Waals surface area (Å²) in [5.74, 6) is 2.65. The van der Waals surface area contributed by atoms with Crippen LogP contribution < -0.4 is 5.32 Å². The summed E-state index contributed by atoms with van der Waals surface area (Å²) in [6, 6.07) is 9.19. The zero-order chi connectivity index (χ0) is 18.1. The molecule has 1 fully saturated rings. The summed E-state index contributed by atoms with van der Waals surface area (Å²) in [7, 11) is 0. The molecule has 0 aliphatic heterocycles. The molecule has 0 bridgehead atoms. The topological polar surface area (TPSA) is 38.3 Å². The zero-order valence-electron chi connectivity index (χ0n) is 16.0. The van der Waals surface area contributed by atoms with Crippen molar-refractivity contribution in [3.8, 4) is 0 Å². The Hall–Kier alpha value is -1.16. The molecule has 0 heterocycles. The number of carbonyl (C=O) groups is 1. The van der Waals surface area contributed by atoms with Gasteiger partial charge in [0.05, 0.1) is 0 Å². The first-order valence-corrected chi connectivity index (χ1v) is 10.7. The monoisotopic (exact) mass is 363 g/mol. The minimum atomic E-state index is -0.434. The summed E-state index contributed by atoms with van der Waals surface area (Å²) in [4.78, 5) is 11.6. The Morgan fingerprint density at radius 1 is 1.12 bits per heavy atom. The van der Waals surface area contributed by atoms with Crippen LogP contribution in [0.15, 0.2) is 24.3 Å². The fourth-order valence-electron chi connectivity index (χ4n) is 3.23. The van der Waals surface area contributed by atoms with E-state index in [1.165, 1.54) is 49.7 Å². The van der Waals surface area contributed by atoms with E-state index in [1.807, 2.05) is 32.5 Å². The van der Waals surface area contributed by atoms with Crippen molar-refractivity contribution in [2.45, 2.75) is 76.6 Å². The van der Waals surface area contributed by atoms with E-state index < -0.39 is 5.60 Å². The number of ether oxygens (including phenoxy) is 1. The summed E-state index contributed by atoms with van der Waals surface area (Å²) in [6.45, 7) is 6.26. The molecule has 0 saturated heterocycles. The van der Waals surface area contributed by atoms with E-state index in [0.29, 0.717) is 6.54 Å². The molecule has 1 saturated carbocycles. The third-order valence-corrected chi connectivity index (χ3v) is 5.52. The average molecular weight is 364 g/mol. The second kappa shape index (κ2) is 10.1. The number of amides is 1. The predicted molar refractivity (Wildman–Crippen MR) is 107 cm³/mol. The van der Waals surface area contributed by atoms with E-state index in [1.54, 1.807) is 0 Å². The lowest BCUT2D eigenvalue weighted by molar-refractivity contribution is 0.0531. The standard InChI is InChI=1S/C21H33NO2S/c1-21(2,3)24-20(23)22-14-15-25-16-17-10-12-19(13-11-17)18-8-6-4-5-7-9-18/h10-13,18H,4-9,14-16H2,1-3H3,(H,22,23). The van der Waals surface area contributed by atoms with Gasteiger partial charge in [-0.1, -0.05) is 49.9 Å². The Bertz CT molecular complexity index is 514. The number of hydrogen-bond donors (Lipinski definition) is 1. The van der Waals surface area contributed by atoms with Gasteiger partial charge in [0.15, 0.2) is 0 Å². The maximum Gasteiger partial charge on any atom is 0.407 e. The van der Waals surface area contributed by atoms with Crippen LogP contribution in [0.25, 0.3) is 0 Å². The van der Waals surface area contributed by atoms with Crippen molar-refractivity contribution in [1.29, 1.82) is 0 Å². The van der Waals surface area contributed by atoms with Crippen molar-refractivity contribution in [2.75, 3.05) is 12.3 Å². The van der Waals surface area contributed by atoms with Crippen LogP contribution in [0.3, 0.4) is 0 Å². The Morgan fingerprint density at radius 2 is 1.76 bits per heavy atom. The molecule has 1 N–H and O–H groups in total. The molecule has 0 atom stereocenters. The minimum absolute atomic E-state index is 0.333. The Balaban J connectivity index is 1.65. The molecule has 3 nitrogen and oxygen atoms in total. The van der Waals surface area contributed by atoms with Crippen molar-refractivity contribution < 1.29 is 9.53 Å². The number of benzene rings is 1. The molecule has 1 amide bonds. The molecule has 0 aromatic heterocycles. The molecule has 1 aromatic carbocycles. The Kier molecular flexibility index (Phi) is 8.14. The molecule has 140 valence electrons. The first-order chi connectivity index (χ1) is 11.9. The number of hydrogen-bond acceptors (Lipinski definition) is 3. The zero-order valence-corrected chi connectivity index (χ0v) is 16.8. The summed E-state index contributed by atoms with van der Waals surface area (Å²) in [5.41, 5.74) is 2.44. The molecule has 1 aliphatic carbocycles. The van der Waals surface area contributed by atoms with Crippen LogP contribution in [-0.2, 0) is 10.5 Å². The first kappa shape index (κ1) is 20.2. The SMILES string of the molecule is CC(C)(C)OC(=O)NCCSCc1ccc(C2CCCCCC2)cc1. The van der Waals surface area contributed by atoms with E-state index in [-0.39, 0.29) is 6.09 Å². The van der Waals surface area contributed by atoms with Crippen molar-refractivity contribution in [1.82, 2.24) is 5.32 Å². The molecule has 4 heteroatoms. The normalized spacial score (nSPS) is 16.3. The predicted octanol–water partition coefficient (Wildman–Crippen LogP) is 5.88. The van der Waals surface area contributed by atoms with E-state index in [4.69, 9.17) is 4.74 Å². The molecular formula is C21H33NO2S. The van der Waals surface area contributed by atoms with Crippen molar-refractivity contribution in [3.05, 3.63) is 35.4 Å². The highest BCUT2D eigenvalue weighted by atomic mass is 32.2. The Labute approximate surface area is 157 Å². The largest absolute Gasteiger partial charge is 0.444 e. The van der Waals surface area contributed by atoms with Crippen LogP contribution in [-0.4, -0.2) is 24.0 Å². The summed E-state index contributed by atoms with van der Waals surface area (Å²) in [6.07, 6.45) is 7.95. The van der Waals surface area contributed by atoms with E-state index in [0.717, 1.165) is 17.4 Å². The third kappa shape index (κ3) is 8.17. The molecule has 0 unspecified atom stereocenters. The maximum absolute atomic E-state index is 11.6. The molecule has 0 radical (unpaired) electrons. The van der Waals surface area contributed by atoms with E-state index >= 15 is 0 Å².